The number of ketones is 1. The quantitative estimate of drug-likeness (QED) is 0.391. The Morgan fingerprint density at radius 1 is 1.18 bits per heavy atom. The van der Waals surface area contributed by atoms with Crippen LogP contribution in [0.5, 0.6) is 0 Å². The van der Waals surface area contributed by atoms with Gasteiger partial charge >= 0.3 is 5.97 Å². The topological polar surface area (TPSA) is 43.4 Å². The molecule has 1 aromatic carbocycles. The highest BCUT2D eigenvalue weighted by Crippen LogP contribution is 2.12. The fourth-order valence-electron chi connectivity index (χ4n) is 2.17. The van der Waals surface area contributed by atoms with Crippen molar-refractivity contribution in [3.05, 3.63) is 47.5 Å². The van der Waals surface area contributed by atoms with E-state index in [4.69, 9.17) is 4.74 Å². The zero-order valence-electron chi connectivity index (χ0n) is 13.8. The van der Waals surface area contributed by atoms with Gasteiger partial charge in [-0.15, -0.1) is 0 Å². The highest BCUT2D eigenvalue weighted by Gasteiger charge is 2.21. The minimum Gasteiger partial charge on any atom is -0.465 e. The van der Waals surface area contributed by atoms with E-state index in [1.54, 1.807) is 13.8 Å². The molecule has 0 fully saturated rings. The monoisotopic (exact) mass is 302 g/mol. The number of hydrogen-bond acceptors (Lipinski definition) is 3. The average molecular weight is 302 g/mol. The largest absolute Gasteiger partial charge is 0.465 e. The number of carbonyl (C=O) groups excluding carboxylic acids is 2. The molecular formula is C19H26O3. The lowest BCUT2D eigenvalue weighted by Crippen LogP contribution is -2.23. The summed E-state index contributed by atoms with van der Waals surface area (Å²) in [4.78, 5) is 23.4. The molecule has 0 amide bonds. The van der Waals surface area contributed by atoms with Crippen LogP contribution in [-0.4, -0.2) is 18.4 Å². The molecule has 3 nitrogen and oxygen atoms in total. The standard InChI is InChI=1S/C19H26O3/c1-4-22-19(21)16(3)18(20)14-13-15(2)9-8-12-17-10-6-5-7-11-17/h5-7,9-11,16H,4,8,12-14H2,1-3H3/b15-9-. The van der Waals surface area contributed by atoms with Gasteiger partial charge in [0, 0.05) is 6.42 Å². The first-order valence-electron chi connectivity index (χ1n) is 7.93. The van der Waals surface area contributed by atoms with Crippen LogP contribution in [0.4, 0.5) is 0 Å². The summed E-state index contributed by atoms with van der Waals surface area (Å²) < 4.78 is 4.87. The van der Waals surface area contributed by atoms with Crippen molar-refractivity contribution in [3.63, 3.8) is 0 Å². The van der Waals surface area contributed by atoms with Crippen molar-refractivity contribution in [2.24, 2.45) is 5.92 Å². The van der Waals surface area contributed by atoms with Gasteiger partial charge in [0.2, 0.25) is 0 Å². The normalized spacial score (nSPS) is 12.8. The predicted molar refractivity (Wildman–Crippen MR) is 88.6 cm³/mol. The summed E-state index contributed by atoms with van der Waals surface area (Å²) in [6, 6.07) is 10.3. The van der Waals surface area contributed by atoms with E-state index >= 15 is 0 Å². The summed E-state index contributed by atoms with van der Waals surface area (Å²) in [6.07, 6.45) is 5.25. The Balaban J connectivity index is 2.32. The number of benzene rings is 1. The summed E-state index contributed by atoms with van der Waals surface area (Å²) in [7, 11) is 0. The molecule has 3 heteroatoms. The molecule has 0 saturated heterocycles. The lowest BCUT2D eigenvalue weighted by Gasteiger charge is -2.09. The van der Waals surface area contributed by atoms with Crippen LogP contribution in [0.1, 0.15) is 45.6 Å². The maximum atomic E-state index is 11.9. The van der Waals surface area contributed by atoms with Gasteiger partial charge in [0.25, 0.3) is 0 Å². The predicted octanol–water partition coefficient (Wildman–Crippen LogP) is 4.11. The Kier molecular flexibility index (Phi) is 8.19. The molecule has 1 unspecified atom stereocenters. The van der Waals surface area contributed by atoms with Gasteiger partial charge in [0.15, 0.2) is 0 Å². The van der Waals surface area contributed by atoms with Gasteiger partial charge in [0.05, 0.1) is 6.61 Å². The average Bonchev–Trinajstić information content (AvgIpc) is 2.53. The maximum absolute atomic E-state index is 11.9. The number of esters is 1. The van der Waals surface area contributed by atoms with Crippen molar-refractivity contribution < 1.29 is 14.3 Å². The third kappa shape index (κ3) is 6.70. The van der Waals surface area contributed by atoms with E-state index in [1.165, 1.54) is 11.1 Å². The Bertz CT molecular complexity index is 503. The second-order valence-corrected chi connectivity index (χ2v) is 5.51. The summed E-state index contributed by atoms with van der Waals surface area (Å²) >= 11 is 0. The van der Waals surface area contributed by atoms with Gasteiger partial charge in [0.1, 0.15) is 11.7 Å². The molecule has 22 heavy (non-hydrogen) atoms. The molecule has 1 rings (SSSR count). The summed E-state index contributed by atoms with van der Waals surface area (Å²) in [6.45, 7) is 5.71. The zero-order valence-corrected chi connectivity index (χ0v) is 13.8. The number of allylic oxidation sites excluding steroid dienone is 2. The molecule has 0 aliphatic heterocycles. The molecule has 1 atom stereocenters. The number of carbonyl (C=O) groups is 2. The molecular weight excluding hydrogens is 276 g/mol. The number of ether oxygens (including phenoxy) is 1. The van der Waals surface area contributed by atoms with Gasteiger partial charge in [-0.25, -0.2) is 0 Å². The minimum absolute atomic E-state index is 0.0470. The first kappa shape index (κ1) is 18.1. The lowest BCUT2D eigenvalue weighted by molar-refractivity contribution is -0.150. The van der Waals surface area contributed by atoms with Gasteiger partial charge in [-0.3, -0.25) is 9.59 Å². The lowest BCUT2D eigenvalue weighted by atomic mass is 9.99. The van der Waals surface area contributed by atoms with E-state index in [0.29, 0.717) is 19.4 Å². The molecule has 0 spiro atoms. The maximum Gasteiger partial charge on any atom is 0.316 e. The molecule has 0 aromatic heterocycles. The highest BCUT2D eigenvalue weighted by atomic mass is 16.5. The number of hydrogen-bond donors (Lipinski definition) is 0. The fourth-order valence-corrected chi connectivity index (χ4v) is 2.17. The molecule has 0 N–H and O–H groups in total. The van der Waals surface area contributed by atoms with Crippen LogP contribution in [0.2, 0.25) is 0 Å². The van der Waals surface area contributed by atoms with Gasteiger partial charge in [-0.1, -0.05) is 42.0 Å². The van der Waals surface area contributed by atoms with Crippen LogP contribution in [0.25, 0.3) is 0 Å². The Labute approximate surface area is 133 Å². The molecule has 0 saturated carbocycles. The first-order chi connectivity index (χ1) is 10.5. The fraction of sp³-hybridized carbons (Fsp3) is 0.474. The molecule has 1 aromatic rings. The Morgan fingerprint density at radius 3 is 2.50 bits per heavy atom. The smallest absolute Gasteiger partial charge is 0.316 e. The van der Waals surface area contributed by atoms with E-state index < -0.39 is 11.9 Å². The zero-order chi connectivity index (χ0) is 16.4. The van der Waals surface area contributed by atoms with Crippen molar-refractivity contribution in [1.82, 2.24) is 0 Å². The highest BCUT2D eigenvalue weighted by molar-refractivity contribution is 5.98. The van der Waals surface area contributed by atoms with E-state index in [2.05, 4.69) is 18.2 Å². The van der Waals surface area contributed by atoms with Crippen molar-refractivity contribution >= 4 is 11.8 Å². The van der Waals surface area contributed by atoms with Crippen molar-refractivity contribution in [3.8, 4) is 0 Å². The van der Waals surface area contributed by atoms with Crippen LogP contribution < -0.4 is 0 Å². The third-order valence-electron chi connectivity index (χ3n) is 3.66. The van der Waals surface area contributed by atoms with E-state index in [0.717, 1.165) is 12.8 Å². The van der Waals surface area contributed by atoms with Crippen molar-refractivity contribution in [2.45, 2.75) is 46.5 Å². The van der Waals surface area contributed by atoms with E-state index in [-0.39, 0.29) is 5.78 Å². The SMILES string of the molecule is CCOC(=O)C(C)C(=O)CC/C(C)=C\CCc1ccccc1. The summed E-state index contributed by atoms with van der Waals surface area (Å²) in [5.74, 6) is -1.12. The molecule has 0 heterocycles. The first-order valence-corrected chi connectivity index (χ1v) is 7.93. The van der Waals surface area contributed by atoms with Crippen LogP contribution >= 0.6 is 0 Å². The second-order valence-electron chi connectivity index (χ2n) is 5.51. The third-order valence-corrected chi connectivity index (χ3v) is 3.66. The summed E-state index contributed by atoms with van der Waals surface area (Å²) in [5.41, 5.74) is 2.51. The van der Waals surface area contributed by atoms with Crippen LogP contribution in [0.3, 0.4) is 0 Å². The van der Waals surface area contributed by atoms with Gasteiger partial charge in [-0.05, 0) is 45.6 Å². The number of aryl methyl sites for hydroxylation is 1. The van der Waals surface area contributed by atoms with Crippen LogP contribution in [0, 0.1) is 5.92 Å². The molecule has 0 aliphatic carbocycles. The molecule has 120 valence electrons. The Morgan fingerprint density at radius 2 is 1.86 bits per heavy atom. The Hall–Kier alpha value is -1.90. The molecule has 0 radical (unpaired) electrons. The van der Waals surface area contributed by atoms with Gasteiger partial charge in [-0.2, -0.15) is 0 Å². The number of rotatable bonds is 9. The van der Waals surface area contributed by atoms with Crippen LogP contribution in [-0.2, 0) is 20.7 Å². The van der Waals surface area contributed by atoms with E-state index in [9.17, 15) is 9.59 Å². The molecule has 0 bridgehead atoms. The minimum atomic E-state index is -0.655. The van der Waals surface area contributed by atoms with Crippen LogP contribution in [0.15, 0.2) is 42.0 Å². The summed E-state index contributed by atoms with van der Waals surface area (Å²) in [5, 5.41) is 0. The molecule has 0 aliphatic rings. The number of Topliss-reactive ketones (excluding diaryl/α,β-unsaturated/α-hetero) is 1. The van der Waals surface area contributed by atoms with Gasteiger partial charge < -0.3 is 4.74 Å². The van der Waals surface area contributed by atoms with E-state index in [1.807, 2.05) is 25.1 Å². The second kappa shape index (κ2) is 9.93. The van der Waals surface area contributed by atoms with Crippen molar-refractivity contribution in [1.29, 1.82) is 0 Å². The van der Waals surface area contributed by atoms with Crippen molar-refractivity contribution in [2.75, 3.05) is 6.61 Å².